The molecule has 0 unspecified atom stereocenters. The predicted molar refractivity (Wildman–Crippen MR) is 109 cm³/mol. The molecule has 0 radical (unpaired) electrons. The van der Waals surface area contributed by atoms with Crippen molar-refractivity contribution in [2.24, 2.45) is 4.99 Å². The third-order valence-corrected chi connectivity index (χ3v) is 3.72. The van der Waals surface area contributed by atoms with Gasteiger partial charge in [0.15, 0.2) is 5.96 Å². The van der Waals surface area contributed by atoms with Crippen LogP contribution in [0.15, 0.2) is 40.9 Å². The summed E-state index contributed by atoms with van der Waals surface area (Å²) in [7, 11) is 1.67. The lowest BCUT2D eigenvalue weighted by Gasteiger charge is -2.15. The Morgan fingerprint density at radius 2 is 2.04 bits per heavy atom. The third kappa shape index (κ3) is 7.53. The zero-order chi connectivity index (χ0) is 16.3. The van der Waals surface area contributed by atoms with Crippen LogP contribution in [0.25, 0.3) is 0 Å². The van der Waals surface area contributed by atoms with Gasteiger partial charge >= 0.3 is 0 Å². The molecule has 1 aliphatic heterocycles. The van der Waals surface area contributed by atoms with Crippen LogP contribution in [0.2, 0.25) is 0 Å². The first-order valence-electron chi connectivity index (χ1n) is 8.22. The van der Waals surface area contributed by atoms with E-state index in [1.54, 1.807) is 7.11 Å². The van der Waals surface area contributed by atoms with Gasteiger partial charge in [0.1, 0.15) is 5.75 Å². The summed E-state index contributed by atoms with van der Waals surface area (Å²) in [6.07, 6.45) is 4.27. The SMILES string of the molecule is CCNC(=NCc1ccc(OC)cc1)NCCC1=CCOCC1.I. The van der Waals surface area contributed by atoms with Gasteiger partial charge in [0.25, 0.3) is 0 Å². The number of nitrogens with zero attached hydrogens (tertiary/aromatic N) is 1. The number of aliphatic imine (C=N–C) groups is 1. The summed E-state index contributed by atoms with van der Waals surface area (Å²) in [5.41, 5.74) is 2.63. The van der Waals surface area contributed by atoms with Gasteiger partial charge in [-0.25, -0.2) is 4.99 Å². The van der Waals surface area contributed by atoms with Gasteiger partial charge < -0.3 is 20.1 Å². The minimum Gasteiger partial charge on any atom is -0.497 e. The number of benzene rings is 1. The molecule has 1 aromatic rings. The monoisotopic (exact) mass is 445 g/mol. The van der Waals surface area contributed by atoms with E-state index in [9.17, 15) is 0 Å². The molecule has 0 saturated carbocycles. The van der Waals surface area contributed by atoms with Gasteiger partial charge in [-0.15, -0.1) is 24.0 Å². The van der Waals surface area contributed by atoms with Gasteiger partial charge in [0, 0.05) is 13.1 Å². The maximum Gasteiger partial charge on any atom is 0.191 e. The fraction of sp³-hybridized carbons (Fsp3) is 0.500. The first kappa shape index (κ1) is 20.8. The minimum atomic E-state index is 0. The molecule has 0 spiro atoms. The third-order valence-electron chi connectivity index (χ3n) is 3.72. The molecule has 5 nitrogen and oxygen atoms in total. The molecular formula is C18H28IN3O2. The number of rotatable bonds is 7. The minimum absolute atomic E-state index is 0. The van der Waals surface area contributed by atoms with Gasteiger partial charge in [-0.2, -0.15) is 0 Å². The summed E-state index contributed by atoms with van der Waals surface area (Å²) >= 11 is 0. The molecule has 2 rings (SSSR count). The highest BCUT2D eigenvalue weighted by Gasteiger charge is 2.04. The van der Waals surface area contributed by atoms with Crippen LogP contribution in [0.5, 0.6) is 5.75 Å². The number of hydrogen-bond acceptors (Lipinski definition) is 3. The standard InChI is InChI=1S/C18H27N3O2.HI/c1-3-19-18(20-11-8-15-9-12-23-13-10-15)21-14-16-4-6-17(22-2)7-5-16;/h4-7,9H,3,8,10-14H2,1-2H3,(H2,19,20,21);1H. The average molecular weight is 445 g/mol. The highest BCUT2D eigenvalue weighted by molar-refractivity contribution is 14.0. The summed E-state index contributed by atoms with van der Waals surface area (Å²) in [4.78, 5) is 4.63. The first-order valence-corrected chi connectivity index (χ1v) is 8.22. The number of guanidine groups is 1. The van der Waals surface area contributed by atoms with Crippen LogP contribution in [-0.2, 0) is 11.3 Å². The maximum absolute atomic E-state index is 5.33. The van der Waals surface area contributed by atoms with Crippen LogP contribution in [-0.4, -0.2) is 39.4 Å². The van der Waals surface area contributed by atoms with Crippen molar-refractivity contribution in [1.82, 2.24) is 10.6 Å². The highest BCUT2D eigenvalue weighted by Crippen LogP contribution is 2.12. The Kier molecular flexibility index (Phi) is 10.5. The molecule has 2 N–H and O–H groups in total. The molecule has 134 valence electrons. The first-order chi connectivity index (χ1) is 11.3. The van der Waals surface area contributed by atoms with Crippen LogP contribution < -0.4 is 15.4 Å². The second-order valence-electron chi connectivity index (χ2n) is 5.41. The molecule has 0 saturated heterocycles. The predicted octanol–water partition coefficient (Wildman–Crippen LogP) is 3.11. The summed E-state index contributed by atoms with van der Waals surface area (Å²) < 4.78 is 10.5. The maximum atomic E-state index is 5.33. The van der Waals surface area contributed by atoms with Gasteiger partial charge in [0.05, 0.1) is 26.9 Å². The van der Waals surface area contributed by atoms with Crippen molar-refractivity contribution < 1.29 is 9.47 Å². The molecule has 0 amide bonds. The fourth-order valence-electron chi connectivity index (χ4n) is 2.38. The second-order valence-corrected chi connectivity index (χ2v) is 5.41. The Bertz CT molecular complexity index is 530. The van der Waals surface area contributed by atoms with E-state index >= 15 is 0 Å². The van der Waals surface area contributed by atoms with E-state index < -0.39 is 0 Å². The smallest absolute Gasteiger partial charge is 0.191 e. The van der Waals surface area contributed by atoms with Crippen molar-refractivity contribution in [2.45, 2.75) is 26.3 Å². The molecule has 0 bridgehead atoms. The molecule has 0 atom stereocenters. The molecule has 1 heterocycles. The topological polar surface area (TPSA) is 54.9 Å². The molecular weight excluding hydrogens is 417 g/mol. The van der Waals surface area contributed by atoms with Gasteiger partial charge in [-0.1, -0.05) is 23.8 Å². The Hall–Kier alpha value is -1.28. The summed E-state index contributed by atoms with van der Waals surface area (Å²) in [6.45, 7) is 6.06. The normalized spacial score (nSPS) is 14.4. The van der Waals surface area contributed by atoms with Crippen molar-refractivity contribution in [3.05, 3.63) is 41.5 Å². The van der Waals surface area contributed by atoms with Crippen molar-refractivity contribution in [3.8, 4) is 5.75 Å². The van der Waals surface area contributed by atoms with E-state index in [4.69, 9.17) is 9.47 Å². The Morgan fingerprint density at radius 1 is 1.25 bits per heavy atom. The Morgan fingerprint density at radius 3 is 2.67 bits per heavy atom. The number of halogens is 1. The van der Waals surface area contributed by atoms with Crippen molar-refractivity contribution in [2.75, 3.05) is 33.4 Å². The summed E-state index contributed by atoms with van der Waals surface area (Å²) in [6, 6.07) is 8.00. The van der Waals surface area contributed by atoms with Crippen molar-refractivity contribution in [3.63, 3.8) is 0 Å². The zero-order valence-corrected chi connectivity index (χ0v) is 16.8. The highest BCUT2D eigenvalue weighted by atomic mass is 127. The molecule has 1 aliphatic rings. The summed E-state index contributed by atoms with van der Waals surface area (Å²) in [5.74, 6) is 1.73. The van der Waals surface area contributed by atoms with E-state index in [2.05, 4.69) is 28.6 Å². The number of hydrogen-bond donors (Lipinski definition) is 2. The molecule has 0 aliphatic carbocycles. The number of nitrogens with one attached hydrogen (secondary N) is 2. The van der Waals surface area contributed by atoms with E-state index in [1.807, 2.05) is 24.3 Å². The van der Waals surface area contributed by atoms with Crippen LogP contribution in [0.4, 0.5) is 0 Å². The summed E-state index contributed by atoms with van der Waals surface area (Å²) in [5, 5.41) is 6.68. The zero-order valence-electron chi connectivity index (χ0n) is 14.5. The van der Waals surface area contributed by atoms with E-state index in [-0.39, 0.29) is 24.0 Å². The average Bonchev–Trinajstić information content (AvgIpc) is 2.61. The molecule has 0 aromatic heterocycles. The molecule has 24 heavy (non-hydrogen) atoms. The molecule has 0 fully saturated rings. The van der Waals surface area contributed by atoms with Gasteiger partial charge in [-0.3, -0.25) is 0 Å². The van der Waals surface area contributed by atoms with Gasteiger partial charge in [0.2, 0.25) is 0 Å². The van der Waals surface area contributed by atoms with E-state index in [1.165, 1.54) is 5.57 Å². The lowest BCUT2D eigenvalue weighted by molar-refractivity contribution is 0.153. The van der Waals surface area contributed by atoms with E-state index in [0.29, 0.717) is 6.54 Å². The Labute approximate surface area is 161 Å². The van der Waals surface area contributed by atoms with Crippen LogP contribution in [0.1, 0.15) is 25.3 Å². The van der Waals surface area contributed by atoms with Crippen molar-refractivity contribution in [1.29, 1.82) is 0 Å². The molecule has 1 aromatic carbocycles. The lowest BCUT2D eigenvalue weighted by Crippen LogP contribution is -2.38. The van der Waals surface area contributed by atoms with Crippen LogP contribution in [0, 0.1) is 0 Å². The van der Waals surface area contributed by atoms with Gasteiger partial charge in [-0.05, 0) is 37.5 Å². The lowest BCUT2D eigenvalue weighted by atomic mass is 10.1. The van der Waals surface area contributed by atoms with Crippen LogP contribution in [0.3, 0.4) is 0 Å². The molecule has 6 heteroatoms. The second kappa shape index (κ2) is 12.1. The number of methoxy groups -OCH3 is 1. The Balaban J connectivity index is 0.00000288. The number of ether oxygens (including phenoxy) is 2. The van der Waals surface area contributed by atoms with Crippen LogP contribution >= 0.6 is 24.0 Å². The van der Waals surface area contributed by atoms with Crippen molar-refractivity contribution >= 4 is 29.9 Å². The largest absolute Gasteiger partial charge is 0.497 e. The fourth-order valence-corrected chi connectivity index (χ4v) is 2.38. The van der Waals surface area contributed by atoms with E-state index in [0.717, 1.165) is 56.4 Å². The quantitative estimate of drug-likeness (QED) is 0.293.